The molecule has 1 aliphatic carbocycles. The van der Waals surface area contributed by atoms with Crippen molar-refractivity contribution in [3.8, 4) is 6.07 Å². The van der Waals surface area contributed by atoms with Crippen molar-refractivity contribution in [2.45, 2.75) is 18.8 Å². The van der Waals surface area contributed by atoms with Gasteiger partial charge in [-0.25, -0.2) is 0 Å². The number of benzene rings is 1. The first-order valence-corrected chi connectivity index (χ1v) is 4.92. The maximum atomic E-state index is 9.02. The third-order valence-electron chi connectivity index (χ3n) is 2.90. The van der Waals surface area contributed by atoms with Gasteiger partial charge in [0.05, 0.1) is 12.0 Å². The Bertz CT molecular complexity index is 372. The van der Waals surface area contributed by atoms with Crippen molar-refractivity contribution in [2.24, 2.45) is 5.92 Å². The van der Waals surface area contributed by atoms with Crippen molar-refractivity contribution < 1.29 is 0 Å². The van der Waals surface area contributed by atoms with Crippen LogP contribution in [0.1, 0.15) is 24.3 Å². The minimum Gasteiger partial charge on any atom is -0.198 e. The van der Waals surface area contributed by atoms with Gasteiger partial charge >= 0.3 is 0 Å². The monoisotopic (exact) mass is 183 g/mol. The van der Waals surface area contributed by atoms with Crippen LogP contribution in [0.2, 0.25) is 0 Å². The summed E-state index contributed by atoms with van der Waals surface area (Å²) in [6.45, 7) is 3.98. The lowest BCUT2D eigenvalue weighted by Crippen LogP contribution is -2.02. The summed E-state index contributed by atoms with van der Waals surface area (Å²) in [4.78, 5) is 0. The highest BCUT2D eigenvalue weighted by Crippen LogP contribution is 2.41. The Morgan fingerprint density at radius 2 is 1.93 bits per heavy atom. The summed E-state index contributed by atoms with van der Waals surface area (Å²) < 4.78 is 0. The Morgan fingerprint density at radius 3 is 2.57 bits per heavy atom. The molecule has 1 aromatic carbocycles. The molecule has 0 saturated heterocycles. The molecule has 0 unspecified atom stereocenters. The van der Waals surface area contributed by atoms with E-state index >= 15 is 0 Å². The Hall–Kier alpha value is -1.55. The molecule has 0 aliphatic heterocycles. The van der Waals surface area contributed by atoms with Crippen LogP contribution in [0.25, 0.3) is 0 Å². The molecule has 0 amide bonds. The zero-order chi connectivity index (χ0) is 9.97. The summed E-state index contributed by atoms with van der Waals surface area (Å²) in [6, 6.07) is 12.7. The smallest absolute Gasteiger partial charge is 0.0665 e. The van der Waals surface area contributed by atoms with E-state index in [0.29, 0.717) is 5.92 Å². The Morgan fingerprint density at radius 1 is 1.21 bits per heavy atom. The molecule has 0 bridgehead atoms. The molecular weight excluding hydrogens is 170 g/mol. The average molecular weight is 183 g/mol. The predicted octanol–water partition coefficient (Wildman–Crippen LogP) is 3.26. The summed E-state index contributed by atoms with van der Waals surface area (Å²) in [7, 11) is 0. The standard InChI is InChI=1S/C13H13N/c1-10-7-12(9-14)13(8-10)11-5-3-2-4-6-11/h2-6,12-13H,1,7-8H2/t12-,13-/m1/s1. The molecule has 1 aromatic rings. The molecule has 2 rings (SSSR count). The maximum Gasteiger partial charge on any atom is 0.0665 e. The molecule has 0 N–H and O–H groups in total. The first kappa shape index (κ1) is 9.02. The summed E-state index contributed by atoms with van der Waals surface area (Å²) in [5.41, 5.74) is 2.49. The fourth-order valence-corrected chi connectivity index (χ4v) is 2.18. The molecule has 14 heavy (non-hydrogen) atoms. The number of hydrogen-bond acceptors (Lipinski definition) is 1. The van der Waals surface area contributed by atoms with Crippen LogP contribution in [-0.2, 0) is 0 Å². The number of hydrogen-bond donors (Lipinski definition) is 0. The molecular formula is C13H13N. The van der Waals surface area contributed by atoms with Crippen molar-refractivity contribution >= 4 is 0 Å². The van der Waals surface area contributed by atoms with Gasteiger partial charge < -0.3 is 0 Å². The van der Waals surface area contributed by atoms with Gasteiger partial charge in [0.2, 0.25) is 0 Å². The van der Waals surface area contributed by atoms with Gasteiger partial charge in [0.1, 0.15) is 0 Å². The van der Waals surface area contributed by atoms with Crippen LogP contribution in [0, 0.1) is 17.2 Å². The van der Waals surface area contributed by atoms with Gasteiger partial charge in [0.15, 0.2) is 0 Å². The molecule has 1 nitrogen and oxygen atoms in total. The van der Waals surface area contributed by atoms with Crippen LogP contribution in [0.15, 0.2) is 42.5 Å². The van der Waals surface area contributed by atoms with Crippen molar-refractivity contribution in [3.63, 3.8) is 0 Å². The molecule has 1 heteroatoms. The van der Waals surface area contributed by atoms with Gasteiger partial charge in [-0.2, -0.15) is 5.26 Å². The quantitative estimate of drug-likeness (QED) is 0.613. The zero-order valence-corrected chi connectivity index (χ0v) is 8.11. The van der Waals surface area contributed by atoms with Gasteiger partial charge in [0, 0.05) is 5.92 Å². The molecule has 0 aromatic heterocycles. The van der Waals surface area contributed by atoms with Crippen LogP contribution in [0.4, 0.5) is 0 Å². The molecule has 0 spiro atoms. The fraction of sp³-hybridized carbons (Fsp3) is 0.308. The summed E-state index contributed by atoms with van der Waals surface area (Å²) in [6.07, 6.45) is 1.85. The van der Waals surface area contributed by atoms with Crippen molar-refractivity contribution in [2.75, 3.05) is 0 Å². The minimum absolute atomic E-state index is 0.130. The molecule has 1 aliphatic rings. The SMILES string of the molecule is C=C1C[C@H](c2ccccc2)[C@@H](C#N)C1. The van der Waals surface area contributed by atoms with Crippen LogP contribution >= 0.6 is 0 Å². The molecule has 1 saturated carbocycles. The van der Waals surface area contributed by atoms with Gasteiger partial charge in [0.25, 0.3) is 0 Å². The molecule has 0 heterocycles. The second kappa shape index (κ2) is 3.67. The van der Waals surface area contributed by atoms with E-state index in [4.69, 9.17) is 5.26 Å². The number of nitriles is 1. The normalized spacial score (nSPS) is 26.1. The summed E-state index contributed by atoms with van der Waals surface area (Å²) in [5, 5.41) is 9.02. The Kier molecular flexibility index (Phi) is 2.37. The van der Waals surface area contributed by atoms with Gasteiger partial charge in [-0.1, -0.05) is 42.5 Å². The average Bonchev–Trinajstić information content (AvgIpc) is 2.61. The van der Waals surface area contributed by atoms with E-state index in [1.54, 1.807) is 0 Å². The van der Waals surface area contributed by atoms with E-state index in [1.807, 2.05) is 18.2 Å². The summed E-state index contributed by atoms with van der Waals surface area (Å²) in [5.74, 6) is 0.499. The largest absolute Gasteiger partial charge is 0.198 e. The van der Waals surface area contributed by atoms with Crippen molar-refractivity contribution in [1.82, 2.24) is 0 Å². The van der Waals surface area contributed by atoms with Gasteiger partial charge in [-0.05, 0) is 18.4 Å². The third kappa shape index (κ3) is 1.56. The minimum atomic E-state index is 0.130. The lowest BCUT2D eigenvalue weighted by Gasteiger charge is -2.12. The lowest BCUT2D eigenvalue weighted by molar-refractivity contribution is 0.603. The van der Waals surface area contributed by atoms with Crippen LogP contribution in [0.5, 0.6) is 0 Å². The number of rotatable bonds is 1. The highest BCUT2D eigenvalue weighted by atomic mass is 14.4. The number of allylic oxidation sites excluding steroid dienone is 1. The fourth-order valence-electron chi connectivity index (χ4n) is 2.18. The van der Waals surface area contributed by atoms with Crippen LogP contribution in [-0.4, -0.2) is 0 Å². The van der Waals surface area contributed by atoms with E-state index in [-0.39, 0.29) is 5.92 Å². The topological polar surface area (TPSA) is 23.8 Å². The van der Waals surface area contributed by atoms with Crippen molar-refractivity contribution in [3.05, 3.63) is 48.0 Å². The van der Waals surface area contributed by atoms with E-state index in [0.717, 1.165) is 12.8 Å². The maximum absolute atomic E-state index is 9.02. The van der Waals surface area contributed by atoms with Crippen LogP contribution in [0.3, 0.4) is 0 Å². The highest BCUT2D eigenvalue weighted by Gasteiger charge is 2.30. The second-order valence-electron chi connectivity index (χ2n) is 3.91. The molecule has 1 fully saturated rings. The third-order valence-corrected chi connectivity index (χ3v) is 2.90. The summed E-state index contributed by atoms with van der Waals surface area (Å²) >= 11 is 0. The highest BCUT2D eigenvalue weighted by molar-refractivity contribution is 5.28. The first-order valence-electron chi connectivity index (χ1n) is 4.92. The van der Waals surface area contributed by atoms with Crippen molar-refractivity contribution in [1.29, 1.82) is 5.26 Å². The molecule has 2 atom stereocenters. The molecule has 70 valence electrons. The van der Waals surface area contributed by atoms with E-state index < -0.39 is 0 Å². The van der Waals surface area contributed by atoms with E-state index in [9.17, 15) is 0 Å². The lowest BCUT2D eigenvalue weighted by atomic mass is 9.90. The van der Waals surface area contributed by atoms with E-state index in [2.05, 4.69) is 24.8 Å². The predicted molar refractivity (Wildman–Crippen MR) is 56.7 cm³/mol. The Balaban J connectivity index is 2.27. The zero-order valence-electron chi connectivity index (χ0n) is 8.11. The van der Waals surface area contributed by atoms with E-state index in [1.165, 1.54) is 11.1 Å². The Labute approximate surface area is 84.7 Å². The first-order chi connectivity index (χ1) is 6.81. The van der Waals surface area contributed by atoms with Gasteiger partial charge in [-0.15, -0.1) is 0 Å². The van der Waals surface area contributed by atoms with Gasteiger partial charge in [-0.3, -0.25) is 0 Å². The van der Waals surface area contributed by atoms with Crippen LogP contribution < -0.4 is 0 Å². The second-order valence-corrected chi connectivity index (χ2v) is 3.91. The molecule has 0 radical (unpaired) electrons. The number of nitrogens with zero attached hydrogens (tertiary/aromatic N) is 1.